The second kappa shape index (κ2) is 11.3. The normalized spacial score (nSPS) is 11.6. The van der Waals surface area contributed by atoms with Crippen LogP contribution in [-0.4, -0.2) is 34.6 Å². The van der Waals surface area contributed by atoms with Crippen molar-refractivity contribution in [2.24, 2.45) is 10.2 Å². The summed E-state index contributed by atoms with van der Waals surface area (Å²) < 4.78 is 0. The van der Waals surface area contributed by atoms with Crippen molar-refractivity contribution < 1.29 is 24.5 Å². The van der Waals surface area contributed by atoms with E-state index in [1.165, 1.54) is 24.1 Å². The number of nitro groups is 1. The highest BCUT2D eigenvalue weighted by molar-refractivity contribution is 5.94. The number of nitro benzene ring substituents is 1. The third-order valence-corrected chi connectivity index (χ3v) is 4.32. The highest BCUT2D eigenvalue weighted by Crippen LogP contribution is 2.33. The smallest absolute Gasteiger partial charge is 0.338 e. The molecule has 2 aromatic rings. The summed E-state index contributed by atoms with van der Waals surface area (Å²) in [6, 6.07) is 10.00. The molecule has 1 unspecified atom stereocenters. The Labute approximate surface area is 189 Å². The predicted octanol–water partition coefficient (Wildman–Crippen LogP) is 4.73. The van der Waals surface area contributed by atoms with Crippen molar-refractivity contribution >= 4 is 40.3 Å². The van der Waals surface area contributed by atoms with Crippen LogP contribution in [0.4, 0.5) is 28.4 Å². The van der Waals surface area contributed by atoms with Gasteiger partial charge in [0.25, 0.3) is 5.69 Å². The molecule has 0 aliphatic carbocycles. The zero-order valence-electron chi connectivity index (χ0n) is 18.2. The molecule has 0 saturated carbocycles. The largest absolute Gasteiger partial charge is 0.478 e. The van der Waals surface area contributed by atoms with Gasteiger partial charge in [-0.2, -0.15) is 5.26 Å². The minimum atomic E-state index is -1.40. The van der Waals surface area contributed by atoms with Crippen molar-refractivity contribution in [3.63, 3.8) is 0 Å². The number of non-ortho nitro benzene ring substituents is 1. The second-order valence-electron chi connectivity index (χ2n) is 6.67. The molecule has 0 spiro atoms. The van der Waals surface area contributed by atoms with Crippen molar-refractivity contribution in [2.75, 3.05) is 16.9 Å². The summed E-state index contributed by atoms with van der Waals surface area (Å²) in [6.07, 6.45) is -0.163. The predicted molar refractivity (Wildman–Crippen MR) is 119 cm³/mol. The van der Waals surface area contributed by atoms with E-state index in [1.54, 1.807) is 12.1 Å². The van der Waals surface area contributed by atoms with Crippen LogP contribution < -0.4 is 10.4 Å². The summed E-state index contributed by atoms with van der Waals surface area (Å²) in [7, 11) is 0. The Morgan fingerprint density at radius 1 is 1.24 bits per heavy atom. The number of carboxylic acids is 1. The van der Waals surface area contributed by atoms with Crippen LogP contribution in [0.3, 0.4) is 0 Å². The lowest BCUT2D eigenvalue weighted by Gasteiger charge is -2.25. The van der Waals surface area contributed by atoms with Gasteiger partial charge in [-0.3, -0.25) is 24.8 Å². The van der Waals surface area contributed by atoms with E-state index in [2.05, 4.69) is 21.6 Å². The SMILES string of the molecule is CCC(C#N)ON(CC)c1ccc(N=Nc2ccc([N+](=O)[O-])cc2C(=O)O)c(NC(C)=O)c1. The number of anilines is 2. The molecular formula is C21H22N6O6. The number of nitrogens with zero attached hydrogens (tertiary/aromatic N) is 5. The number of hydroxylamine groups is 1. The van der Waals surface area contributed by atoms with Crippen molar-refractivity contribution in [1.29, 1.82) is 5.26 Å². The molecule has 0 fully saturated rings. The summed E-state index contributed by atoms with van der Waals surface area (Å²) >= 11 is 0. The van der Waals surface area contributed by atoms with Crippen LogP contribution in [0.15, 0.2) is 46.6 Å². The maximum Gasteiger partial charge on any atom is 0.338 e. The number of hydrogen-bond donors (Lipinski definition) is 2. The summed E-state index contributed by atoms with van der Waals surface area (Å²) in [6.45, 7) is 5.38. The average Bonchev–Trinajstić information content (AvgIpc) is 2.78. The Bertz CT molecular complexity index is 1130. The van der Waals surface area contributed by atoms with Crippen molar-refractivity contribution in [2.45, 2.75) is 33.3 Å². The second-order valence-corrected chi connectivity index (χ2v) is 6.67. The maximum atomic E-state index is 11.7. The van der Waals surface area contributed by atoms with Gasteiger partial charge < -0.3 is 10.4 Å². The molecule has 0 aliphatic rings. The van der Waals surface area contributed by atoms with Gasteiger partial charge in [-0.1, -0.05) is 6.92 Å². The van der Waals surface area contributed by atoms with Crippen LogP contribution in [0, 0.1) is 21.4 Å². The van der Waals surface area contributed by atoms with E-state index >= 15 is 0 Å². The Kier molecular flexibility index (Phi) is 8.53. The highest BCUT2D eigenvalue weighted by Gasteiger charge is 2.17. The number of aromatic carboxylic acids is 1. The van der Waals surface area contributed by atoms with Crippen LogP contribution >= 0.6 is 0 Å². The number of rotatable bonds is 10. The molecule has 12 heteroatoms. The van der Waals surface area contributed by atoms with Crippen LogP contribution in [-0.2, 0) is 9.63 Å². The molecule has 0 radical (unpaired) electrons. The Morgan fingerprint density at radius 2 is 1.91 bits per heavy atom. The van der Waals surface area contributed by atoms with Gasteiger partial charge in [0.05, 0.1) is 27.9 Å². The molecule has 2 rings (SSSR count). The summed E-state index contributed by atoms with van der Waals surface area (Å²) in [4.78, 5) is 39.1. The minimum Gasteiger partial charge on any atom is -0.478 e. The Balaban J connectivity index is 2.45. The van der Waals surface area contributed by atoms with Gasteiger partial charge in [-0.05, 0) is 37.6 Å². The van der Waals surface area contributed by atoms with Crippen molar-refractivity contribution in [3.8, 4) is 6.07 Å². The van der Waals surface area contributed by atoms with Crippen molar-refractivity contribution in [3.05, 3.63) is 52.1 Å². The van der Waals surface area contributed by atoms with E-state index in [-0.39, 0.29) is 23.0 Å². The fraction of sp³-hybridized carbons (Fsp3) is 0.286. The number of carbonyl (C=O) groups excluding carboxylic acids is 1. The molecule has 0 bridgehead atoms. The van der Waals surface area contributed by atoms with E-state index in [1.807, 2.05) is 13.8 Å². The summed E-state index contributed by atoms with van der Waals surface area (Å²) in [5, 5.41) is 41.5. The minimum absolute atomic E-state index is 0.0933. The number of nitrogens with one attached hydrogen (secondary N) is 1. The molecule has 1 atom stereocenters. The van der Waals surface area contributed by atoms with Crippen LogP contribution in [0.1, 0.15) is 37.6 Å². The quantitative estimate of drug-likeness (QED) is 0.295. The molecule has 33 heavy (non-hydrogen) atoms. The lowest BCUT2D eigenvalue weighted by Crippen LogP contribution is -2.28. The third kappa shape index (κ3) is 6.55. The molecule has 0 aromatic heterocycles. The first-order valence-corrected chi connectivity index (χ1v) is 9.89. The van der Waals surface area contributed by atoms with E-state index in [9.17, 15) is 24.8 Å². The van der Waals surface area contributed by atoms with Gasteiger partial charge in [0, 0.05) is 25.6 Å². The number of azo groups is 1. The highest BCUT2D eigenvalue weighted by atomic mass is 16.7. The van der Waals surface area contributed by atoms with E-state index in [0.29, 0.717) is 18.7 Å². The summed E-state index contributed by atoms with van der Waals surface area (Å²) in [5.74, 6) is -1.78. The number of benzene rings is 2. The number of carbonyl (C=O) groups is 2. The molecule has 0 aliphatic heterocycles. The number of amides is 1. The zero-order valence-corrected chi connectivity index (χ0v) is 18.2. The first-order valence-electron chi connectivity index (χ1n) is 9.89. The Morgan fingerprint density at radius 3 is 2.45 bits per heavy atom. The number of hydrogen-bond acceptors (Lipinski definition) is 9. The molecule has 172 valence electrons. The van der Waals surface area contributed by atoms with Gasteiger partial charge in [-0.25, -0.2) is 4.79 Å². The van der Waals surface area contributed by atoms with E-state index in [4.69, 9.17) is 10.1 Å². The molecule has 12 nitrogen and oxygen atoms in total. The Hall–Kier alpha value is -4.37. The van der Waals surface area contributed by atoms with Gasteiger partial charge in [-0.15, -0.1) is 10.2 Å². The standard InChI is InChI=1S/C21H22N6O6/c1-4-16(12-22)33-26(5-2)14-6-9-19(20(11-14)23-13(3)28)25-24-18-8-7-15(27(31)32)10-17(18)21(29)30/h6-11,16H,4-5H2,1-3H3,(H,23,28)(H,29,30). The molecule has 2 N–H and O–H groups in total. The van der Waals surface area contributed by atoms with Crippen molar-refractivity contribution in [1.82, 2.24) is 0 Å². The average molecular weight is 454 g/mol. The third-order valence-electron chi connectivity index (χ3n) is 4.32. The van der Waals surface area contributed by atoms with Gasteiger partial charge in [0.1, 0.15) is 11.4 Å². The monoisotopic (exact) mass is 454 g/mol. The van der Waals surface area contributed by atoms with Gasteiger partial charge >= 0.3 is 5.97 Å². The van der Waals surface area contributed by atoms with E-state index in [0.717, 1.165) is 12.1 Å². The molecule has 0 saturated heterocycles. The number of carboxylic acid groups (broad SMARTS) is 1. The molecule has 1 amide bonds. The fourth-order valence-electron chi connectivity index (χ4n) is 2.72. The van der Waals surface area contributed by atoms with Gasteiger partial charge in [0.15, 0.2) is 6.10 Å². The number of nitriles is 1. The molecular weight excluding hydrogens is 432 g/mol. The zero-order chi connectivity index (χ0) is 24.5. The lowest BCUT2D eigenvalue weighted by molar-refractivity contribution is -0.384. The fourth-order valence-corrected chi connectivity index (χ4v) is 2.72. The lowest BCUT2D eigenvalue weighted by atomic mass is 10.1. The first-order chi connectivity index (χ1) is 15.7. The van der Waals surface area contributed by atoms with Crippen LogP contribution in [0.5, 0.6) is 0 Å². The topological polar surface area (TPSA) is 171 Å². The van der Waals surface area contributed by atoms with Gasteiger partial charge in [0.2, 0.25) is 5.91 Å². The van der Waals surface area contributed by atoms with Crippen LogP contribution in [0.2, 0.25) is 0 Å². The first kappa shape index (κ1) is 24.9. The maximum absolute atomic E-state index is 11.7. The van der Waals surface area contributed by atoms with Crippen LogP contribution in [0.25, 0.3) is 0 Å². The summed E-state index contributed by atoms with van der Waals surface area (Å²) in [5.41, 5.74) is 0.164. The van der Waals surface area contributed by atoms with E-state index < -0.39 is 28.2 Å². The molecule has 0 heterocycles. The molecule has 2 aromatic carbocycles.